The van der Waals surface area contributed by atoms with Crippen molar-refractivity contribution in [2.75, 3.05) is 19.3 Å². The van der Waals surface area contributed by atoms with E-state index in [0.29, 0.717) is 0 Å². The van der Waals surface area contributed by atoms with Crippen molar-refractivity contribution >= 4 is 11.8 Å². The smallest absolute Gasteiger partial charge is 0.226 e. The molecule has 1 aliphatic heterocycles. The minimum atomic E-state index is 0.793. The summed E-state index contributed by atoms with van der Waals surface area (Å²) in [7, 11) is 0. The van der Waals surface area contributed by atoms with Gasteiger partial charge in [0.25, 0.3) is 0 Å². The minimum Gasteiger partial charge on any atom is -0.339 e. The molecule has 0 spiro atoms. The molecule has 1 N–H and O–H groups in total. The van der Waals surface area contributed by atoms with Crippen LogP contribution in [0.3, 0.4) is 0 Å². The van der Waals surface area contributed by atoms with E-state index in [0.717, 1.165) is 49.3 Å². The summed E-state index contributed by atoms with van der Waals surface area (Å²) in [5.74, 6) is 3.25. The van der Waals surface area contributed by atoms with E-state index < -0.39 is 0 Å². The van der Waals surface area contributed by atoms with E-state index >= 15 is 0 Å². The van der Waals surface area contributed by atoms with Gasteiger partial charge in [-0.25, -0.2) is 0 Å². The van der Waals surface area contributed by atoms with E-state index in [4.69, 9.17) is 4.52 Å². The SMILES string of the molecule is CSCc1noc(CCC2CCNC2)n1. The Hall–Kier alpha value is -0.550. The molecule has 2 rings (SSSR count). The van der Waals surface area contributed by atoms with Crippen molar-refractivity contribution < 1.29 is 4.52 Å². The number of nitrogens with one attached hydrogen (secondary N) is 1. The molecule has 84 valence electrons. The first-order valence-corrected chi connectivity index (χ1v) is 6.79. The maximum absolute atomic E-state index is 5.18. The first-order valence-electron chi connectivity index (χ1n) is 5.39. The number of nitrogens with zero attached hydrogens (tertiary/aromatic N) is 2. The summed E-state index contributed by atoms with van der Waals surface area (Å²) in [5, 5.41) is 7.29. The first kappa shape index (κ1) is 11.0. The highest BCUT2D eigenvalue weighted by Gasteiger charge is 2.15. The van der Waals surface area contributed by atoms with Gasteiger partial charge in [0.15, 0.2) is 5.82 Å². The standard InChI is InChI=1S/C10H17N3OS/c1-15-7-9-12-10(14-13-9)3-2-8-4-5-11-6-8/h8,11H,2-7H2,1H3. The van der Waals surface area contributed by atoms with Crippen LogP contribution in [0.25, 0.3) is 0 Å². The number of aryl methyl sites for hydroxylation is 1. The number of rotatable bonds is 5. The summed E-state index contributed by atoms with van der Waals surface area (Å²) in [5.41, 5.74) is 0. The van der Waals surface area contributed by atoms with Gasteiger partial charge in [-0.3, -0.25) is 0 Å². The van der Waals surface area contributed by atoms with Crippen LogP contribution in [0.1, 0.15) is 24.6 Å². The van der Waals surface area contributed by atoms with Crippen LogP contribution in [-0.2, 0) is 12.2 Å². The Labute approximate surface area is 94.2 Å². The van der Waals surface area contributed by atoms with Crippen LogP contribution in [0.5, 0.6) is 0 Å². The third-order valence-electron chi connectivity index (χ3n) is 2.71. The monoisotopic (exact) mass is 227 g/mol. The molecule has 15 heavy (non-hydrogen) atoms. The van der Waals surface area contributed by atoms with E-state index in [2.05, 4.69) is 15.5 Å². The number of hydrogen-bond donors (Lipinski definition) is 1. The average Bonchev–Trinajstić information content (AvgIpc) is 2.85. The molecule has 1 atom stereocenters. The lowest BCUT2D eigenvalue weighted by molar-refractivity contribution is 0.361. The van der Waals surface area contributed by atoms with Gasteiger partial charge in [0.2, 0.25) is 5.89 Å². The lowest BCUT2D eigenvalue weighted by Crippen LogP contribution is -2.09. The molecule has 0 amide bonds. The Bertz CT molecular complexity index is 297. The first-order chi connectivity index (χ1) is 7.38. The fraction of sp³-hybridized carbons (Fsp3) is 0.800. The summed E-state index contributed by atoms with van der Waals surface area (Å²) in [6.07, 6.45) is 5.41. The van der Waals surface area contributed by atoms with Gasteiger partial charge in [0, 0.05) is 6.42 Å². The predicted octanol–water partition coefficient (Wildman–Crippen LogP) is 1.47. The van der Waals surface area contributed by atoms with Crippen LogP contribution in [0.15, 0.2) is 4.52 Å². The van der Waals surface area contributed by atoms with Crippen molar-refractivity contribution in [2.24, 2.45) is 5.92 Å². The van der Waals surface area contributed by atoms with Crippen molar-refractivity contribution in [1.29, 1.82) is 0 Å². The van der Waals surface area contributed by atoms with Crippen LogP contribution >= 0.6 is 11.8 Å². The van der Waals surface area contributed by atoms with E-state index in [9.17, 15) is 0 Å². The fourth-order valence-electron chi connectivity index (χ4n) is 1.87. The van der Waals surface area contributed by atoms with Gasteiger partial charge < -0.3 is 9.84 Å². The van der Waals surface area contributed by atoms with Crippen molar-refractivity contribution in [1.82, 2.24) is 15.5 Å². The highest BCUT2D eigenvalue weighted by Crippen LogP contribution is 2.15. The van der Waals surface area contributed by atoms with Crippen molar-refractivity contribution in [2.45, 2.75) is 25.0 Å². The second-order valence-electron chi connectivity index (χ2n) is 3.93. The molecule has 0 radical (unpaired) electrons. The van der Waals surface area contributed by atoms with Gasteiger partial charge in [0.05, 0.1) is 5.75 Å². The highest BCUT2D eigenvalue weighted by atomic mass is 32.2. The van der Waals surface area contributed by atoms with Gasteiger partial charge >= 0.3 is 0 Å². The van der Waals surface area contributed by atoms with E-state index in [1.807, 2.05) is 6.26 Å². The Kier molecular flexibility index (Phi) is 4.02. The Morgan fingerprint density at radius 1 is 1.60 bits per heavy atom. The number of thioether (sulfide) groups is 1. The summed E-state index contributed by atoms with van der Waals surface area (Å²) in [6.45, 7) is 2.30. The third kappa shape index (κ3) is 3.21. The van der Waals surface area contributed by atoms with Gasteiger partial charge in [-0.15, -0.1) is 0 Å². The van der Waals surface area contributed by atoms with Crippen molar-refractivity contribution in [3.63, 3.8) is 0 Å². The maximum atomic E-state index is 5.18. The van der Waals surface area contributed by atoms with Gasteiger partial charge in [-0.1, -0.05) is 5.16 Å². The second-order valence-corrected chi connectivity index (χ2v) is 4.80. The normalized spacial score (nSPS) is 21.0. The maximum Gasteiger partial charge on any atom is 0.226 e. The minimum absolute atomic E-state index is 0.793. The predicted molar refractivity (Wildman–Crippen MR) is 60.8 cm³/mol. The zero-order valence-electron chi connectivity index (χ0n) is 9.03. The summed E-state index contributed by atoms with van der Waals surface area (Å²) in [6, 6.07) is 0. The van der Waals surface area contributed by atoms with E-state index in [-0.39, 0.29) is 0 Å². The number of hydrogen-bond acceptors (Lipinski definition) is 5. The lowest BCUT2D eigenvalue weighted by Gasteiger charge is -2.03. The quantitative estimate of drug-likeness (QED) is 0.825. The average molecular weight is 227 g/mol. The molecule has 1 aromatic heterocycles. The lowest BCUT2D eigenvalue weighted by atomic mass is 10.0. The summed E-state index contributed by atoms with van der Waals surface area (Å²) in [4.78, 5) is 4.34. The van der Waals surface area contributed by atoms with E-state index in [1.54, 1.807) is 11.8 Å². The zero-order valence-corrected chi connectivity index (χ0v) is 9.85. The molecular weight excluding hydrogens is 210 g/mol. The Balaban J connectivity index is 1.77. The van der Waals surface area contributed by atoms with Gasteiger partial charge in [-0.05, 0) is 38.1 Å². The van der Waals surface area contributed by atoms with Crippen molar-refractivity contribution in [3.8, 4) is 0 Å². The Morgan fingerprint density at radius 3 is 3.27 bits per heavy atom. The zero-order chi connectivity index (χ0) is 10.5. The number of aromatic nitrogens is 2. The molecule has 0 aliphatic carbocycles. The molecule has 1 aromatic rings. The molecule has 0 saturated carbocycles. The Morgan fingerprint density at radius 2 is 2.53 bits per heavy atom. The largest absolute Gasteiger partial charge is 0.339 e. The van der Waals surface area contributed by atoms with Crippen LogP contribution in [-0.4, -0.2) is 29.5 Å². The molecule has 1 aliphatic rings. The topological polar surface area (TPSA) is 51.0 Å². The molecule has 0 bridgehead atoms. The van der Waals surface area contributed by atoms with Crippen LogP contribution in [0.2, 0.25) is 0 Å². The van der Waals surface area contributed by atoms with Crippen LogP contribution in [0.4, 0.5) is 0 Å². The molecule has 4 nitrogen and oxygen atoms in total. The van der Waals surface area contributed by atoms with Gasteiger partial charge in [0.1, 0.15) is 0 Å². The van der Waals surface area contributed by atoms with Crippen LogP contribution in [0, 0.1) is 5.92 Å². The second kappa shape index (κ2) is 5.51. The summed E-state index contributed by atoms with van der Waals surface area (Å²) >= 11 is 1.72. The van der Waals surface area contributed by atoms with Crippen molar-refractivity contribution in [3.05, 3.63) is 11.7 Å². The third-order valence-corrected chi connectivity index (χ3v) is 3.26. The fourth-order valence-corrected chi connectivity index (χ4v) is 2.24. The molecule has 1 fully saturated rings. The molecule has 0 aromatic carbocycles. The summed E-state index contributed by atoms with van der Waals surface area (Å²) < 4.78 is 5.18. The molecule has 2 heterocycles. The van der Waals surface area contributed by atoms with Gasteiger partial charge in [-0.2, -0.15) is 16.7 Å². The van der Waals surface area contributed by atoms with Crippen LogP contribution < -0.4 is 5.32 Å². The van der Waals surface area contributed by atoms with E-state index in [1.165, 1.54) is 6.42 Å². The molecule has 5 heteroatoms. The molecular formula is C10H17N3OS. The molecule has 1 unspecified atom stereocenters. The molecule has 1 saturated heterocycles. The highest BCUT2D eigenvalue weighted by molar-refractivity contribution is 7.97.